The lowest BCUT2D eigenvalue weighted by Crippen LogP contribution is -2.53. The molecule has 2 aromatic heterocycles. The minimum atomic E-state index is -4.71. The van der Waals surface area contributed by atoms with Crippen LogP contribution in [0.25, 0.3) is 10.9 Å². The lowest BCUT2D eigenvalue weighted by molar-refractivity contribution is -0.141. The van der Waals surface area contributed by atoms with Gasteiger partial charge in [0.15, 0.2) is 6.29 Å². The van der Waals surface area contributed by atoms with Crippen LogP contribution in [0.15, 0.2) is 54.7 Å². The van der Waals surface area contributed by atoms with Crippen LogP contribution in [0.5, 0.6) is 0 Å². The van der Waals surface area contributed by atoms with Crippen LogP contribution in [0.2, 0.25) is 0 Å². The Kier molecular flexibility index (Phi) is 11.6. The maximum Gasteiger partial charge on any atom is 0.433 e. The summed E-state index contributed by atoms with van der Waals surface area (Å²) in [4.78, 5) is 72.0. The molecule has 0 saturated carbocycles. The molecule has 1 unspecified atom stereocenters. The molecule has 3 aliphatic heterocycles. The van der Waals surface area contributed by atoms with Crippen LogP contribution in [-0.2, 0) is 21.4 Å². The predicted molar refractivity (Wildman–Crippen MR) is 212 cm³/mol. The molecule has 14 nitrogen and oxygen atoms in total. The summed E-state index contributed by atoms with van der Waals surface area (Å²) in [6.45, 7) is 7.38. The van der Waals surface area contributed by atoms with Crippen molar-refractivity contribution in [1.82, 2.24) is 29.9 Å². The Balaban J connectivity index is 0.947. The van der Waals surface area contributed by atoms with Gasteiger partial charge < -0.3 is 25.1 Å². The van der Waals surface area contributed by atoms with Crippen molar-refractivity contribution in [1.29, 1.82) is 0 Å². The third-order valence-corrected chi connectivity index (χ3v) is 11.7. The fraction of sp³-hybridized carbons (Fsp3) is 0.452. The predicted octanol–water partition coefficient (Wildman–Crippen LogP) is 5.17. The molecule has 5 heterocycles. The number of nitrogens with one attached hydrogen (secondary N) is 2. The van der Waals surface area contributed by atoms with Crippen molar-refractivity contribution in [3.8, 4) is 0 Å². The zero-order valence-electron chi connectivity index (χ0n) is 33.1. The first-order valence-corrected chi connectivity index (χ1v) is 19.8. The summed E-state index contributed by atoms with van der Waals surface area (Å²) >= 11 is 0. The topological polar surface area (TPSA) is 170 Å². The number of carbonyl (C=O) groups is 5. The number of benzene rings is 2. The normalized spacial score (nSPS) is 18.8. The Bertz CT molecular complexity index is 2270. The number of anilines is 2. The monoisotopic (exact) mass is 816 g/mol. The fourth-order valence-corrected chi connectivity index (χ4v) is 8.31. The molecule has 312 valence electrons. The number of fused-ring (bicyclic) bond motifs is 1. The number of hydrogen-bond acceptors (Lipinski definition) is 10. The van der Waals surface area contributed by atoms with E-state index in [1.54, 1.807) is 38.1 Å². The first-order chi connectivity index (χ1) is 28.0. The number of likely N-dealkylation sites (N-methyl/N-ethyl adjacent to an activating group) is 1. The Labute approximate surface area is 338 Å². The molecule has 1 atom stereocenters. The minimum Gasteiger partial charge on any atom is -0.386 e. The molecule has 0 aliphatic carbocycles. The van der Waals surface area contributed by atoms with Crippen LogP contribution in [0.4, 0.5) is 24.5 Å². The summed E-state index contributed by atoms with van der Waals surface area (Å²) in [5, 5.41) is 21.4. The molecule has 17 heteroatoms. The van der Waals surface area contributed by atoms with E-state index in [9.17, 15) is 42.3 Å². The van der Waals surface area contributed by atoms with Crippen molar-refractivity contribution >= 4 is 52.2 Å². The Hall–Kier alpha value is -5.68. The molecule has 3 saturated heterocycles. The lowest BCUT2D eigenvalue weighted by atomic mass is 9.94. The Morgan fingerprint density at radius 1 is 1.00 bits per heavy atom. The van der Waals surface area contributed by atoms with Gasteiger partial charge in [-0.05, 0) is 94.3 Å². The third kappa shape index (κ3) is 9.15. The highest BCUT2D eigenvalue weighted by Gasteiger charge is 2.35. The van der Waals surface area contributed by atoms with Gasteiger partial charge in [0.2, 0.25) is 11.8 Å². The number of alkyl halides is 3. The van der Waals surface area contributed by atoms with Crippen LogP contribution >= 0.6 is 0 Å². The number of nitrogens with zero attached hydrogens (tertiary/aromatic N) is 6. The van der Waals surface area contributed by atoms with E-state index in [-0.39, 0.29) is 41.6 Å². The van der Waals surface area contributed by atoms with Crippen LogP contribution in [0.3, 0.4) is 0 Å². The van der Waals surface area contributed by atoms with E-state index in [0.29, 0.717) is 28.7 Å². The fourth-order valence-electron chi connectivity index (χ4n) is 8.31. The number of likely N-dealkylation sites (tertiary alicyclic amines) is 1. The van der Waals surface area contributed by atoms with Crippen LogP contribution in [0, 0.1) is 5.92 Å². The first-order valence-electron chi connectivity index (χ1n) is 19.8. The molecule has 3 fully saturated rings. The van der Waals surface area contributed by atoms with Gasteiger partial charge in [0.1, 0.15) is 17.4 Å². The molecule has 0 bridgehead atoms. The number of pyridine rings is 1. The van der Waals surface area contributed by atoms with Gasteiger partial charge in [0, 0.05) is 80.3 Å². The second-order valence-corrected chi connectivity index (χ2v) is 16.2. The van der Waals surface area contributed by atoms with Crippen molar-refractivity contribution in [3.63, 3.8) is 0 Å². The zero-order valence-corrected chi connectivity index (χ0v) is 33.1. The number of amides is 4. The van der Waals surface area contributed by atoms with Gasteiger partial charge >= 0.3 is 6.18 Å². The molecular weight excluding hydrogens is 770 g/mol. The highest BCUT2D eigenvalue weighted by atomic mass is 19.4. The molecule has 0 radical (unpaired) electrons. The second kappa shape index (κ2) is 16.5. The van der Waals surface area contributed by atoms with Crippen LogP contribution < -0.4 is 15.5 Å². The number of halogens is 3. The summed E-state index contributed by atoms with van der Waals surface area (Å²) in [5.74, 6) is -1.71. The summed E-state index contributed by atoms with van der Waals surface area (Å²) in [6.07, 6.45) is 1.81. The van der Waals surface area contributed by atoms with Gasteiger partial charge in [-0.3, -0.25) is 34.0 Å². The van der Waals surface area contributed by atoms with Crippen molar-refractivity contribution in [2.45, 2.75) is 76.2 Å². The number of piperidine rings is 3. The maximum atomic E-state index is 13.5. The van der Waals surface area contributed by atoms with Crippen LogP contribution in [0.1, 0.15) is 101 Å². The molecule has 4 aromatic rings. The van der Waals surface area contributed by atoms with E-state index >= 15 is 0 Å². The molecule has 59 heavy (non-hydrogen) atoms. The van der Waals surface area contributed by atoms with Gasteiger partial charge in [0.25, 0.3) is 11.8 Å². The van der Waals surface area contributed by atoms with E-state index in [4.69, 9.17) is 5.10 Å². The van der Waals surface area contributed by atoms with E-state index in [1.807, 2.05) is 16.9 Å². The van der Waals surface area contributed by atoms with E-state index in [0.717, 1.165) is 76.2 Å². The van der Waals surface area contributed by atoms with Crippen LogP contribution in [-0.4, -0.2) is 105 Å². The number of carbonyl (C=O) groups excluding carboxylic acids is 5. The Morgan fingerprint density at radius 3 is 2.39 bits per heavy atom. The molecule has 0 spiro atoms. The van der Waals surface area contributed by atoms with Crippen molar-refractivity contribution in [2.24, 2.45) is 5.92 Å². The summed E-state index contributed by atoms with van der Waals surface area (Å²) < 4.78 is 41.7. The highest BCUT2D eigenvalue weighted by Crippen LogP contribution is 2.35. The Morgan fingerprint density at radius 2 is 1.73 bits per heavy atom. The summed E-state index contributed by atoms with van der Waals surface area (Å²) in [6, 6.07) is 11.0. The largest absolute Gasteiger partial charge is 0.433 e. The van der Waals surface area contributed by atoms with Crippen molar-refractivity contribution in [2.75, 3.05) is 50.0 Å². The van der Waals surface area contributed by atoms with Crippen molar-refractivity contribution in [3.05, 3.63) is 82.8 Å². The number of imide groups is 1. The maximum absolute atomic E-state index is 13.5. The third-order valence-electron chi connectivity index (χ3n) is 11.7. The zero-order chi connectivity index (χ0) is 42.2. The lowest BCUT2D eigenvalue weighted by Gasteiger charge is -2.38. The SMILES string of the molecule is CN(C(=O)c1cc(N2CCC(CN3CCC(n4cc5cc(NC(=O)c6cccc(C(F)(F)F)n6)c(C(C)(C)O)cc5n4)CC3)CC2)ccc1C=O)C1CCC(=O)NC1=O. The van der Waals surface area contributed by atoms with Gasteiger partial charge in [0.05, 0.1) is 22.7 Å². The van der Waals surface area contributed by atoms with E-state index in [1.165, 1.54) is 18.0 Å². The average molecular weight is 817 g/mol. The number of aromatic nitrogens is 3. The number of aliphatic hydroxyl groups is 1. The minimum absolute atomic E-state index is 0.124. The average Bonchev–Trinajstić information content (AvgIpc) is 3.63. The smallest absolute Gasteiger partial charge is 0.386 e. The molecule has 3 N–H and O–H groups in total. The number of rotatable bonds is 10. The first kappa shape index (κ1) is 41.5. The quantitative estimate of drug-likeness (QED) is 0.143. The molecule has 4 amide bonds. The van der Waals surface area contributed by atoms with Gasteiger partial charge in [-0.2, -0.15) is 18.3 Å². The molecular formula is C42H47F3N8O6. The number of aldehydes is 1. The van der Waals surface area contributed by atoms with Crippen molar-refractivity contribution < 1.29 is 42.3 Å². The van der Waals surface area contributed by atoms with E-state index in [2.05, 4.69) is 25.4 Å². The van der Waals surface area contributed by atoms with E-state index < -0.39 is 46.9 Å². The highest BCUT2D eigenvalue weighted by molar-refractivity contribution is 6.07. The van der Waals surface area contributed by atoms with Gasteiger partial charge in [-0.15, -0.1) is 0 Å². The van der Waals surface area contributed by atoms with Gasteiger partial charge in [-0.25, -0.2) is 4.98 Å². The van der Waals surface area contributed by atoms with Gasteiger partial charge in [-0.1, -0.05) is 6.07 Å². The molecule has 3 aliphatic rings. The summed E-state index contributed by atoms with van der Waals surface area (Å²) in [5.41, 5.74) is -0.464. The molecule has 7 rings (SSSR count). The standard InChI is InChI=1S/C42H47F3N8O6/c1-41(2,59)31-21-33-27(19-34(31)47-38(56)32-5-4-6-36(46-32)42(43,44)45)23-53(49-33)28-13-15-51(16-14-28)22-25-11-17-52(18-12-25)29-8-7-26(24-54)30(20-29)40(58)50(3)35-9-10-37(55)48-39(35)57/h4-8,19-21,23-25,28,35,59H,9-18,22H2,1-3H3,(H,47,56)(H,48,55,57). The summed E-state index contributed by atoms with van der Waals surface area (Å²) in [7, 11) is 1.51. The second-order valence-electron chi connectivity index (χ2n) is 16.2. The molecule has 2 aromatic carbocycles. The number of hydrogen-bond donors (Lipinski definition) is 3.